The summed E-state index contributed by atoms with van der Waals surface area (Å²) in [4.78, 5) is 26.3. The Hall–Kier alpha value is -1.67. The molecule has 1 heterocycles. The van der Waals surface area contributed by atoms with Crippen molar-refractivity contribution in [2.24, 2.45) is 5.92 Å². The number of amides is 2. The first-order chi connectivity index (χ1) is 12.9. The molecule has 0 aromatic heterocycles. The Morgan fingerprint density at radius 2 is 2.04 bits per heavy atom. The van der Waals surface area contributed by atoms with E-state index < -0.39 is 12.2 Å². The summed E-state index contributed by atoms with van der Waals surface area (Å²) < 4.78 is 6.97. The van der Waals surface area contributed by atoms with Gasteiger partial charge in [-0.3, -0.25) is 4.79 Å². The smallest absolute Gasteiger partial charge is 0.417 e. The SMILES string of the molecule is CC[C@@H](/C=C(\C)C(=O)N1C(=O)OC[C@@H]1Cc1ccccc1)[C@H](O)/C(C)=C/I. The van der Waals surface area contributed by atoms with Crippen molar-refractivity contribution in [3.63, 3.8) is 0 Å². The van der Waals surface area contributed by atoms with E-state index in [9.17, 15) is 14.7 Å². The molecule has 0 unspecified atom stereocenters. The van der Waals surface area contributed by atoms with E-state index in [4.69, 9.17) is 4.74 Å². The summed E-state index contributed by atoms with van der Waals surface area (Å²) in [6, 6.07) is 9.41. The van der Waals surface area contributed by atoms with Crippen LogP contribution in [0.5, 0.6) is 0 Å². The highest BCUT2D eigenvalue weighted by atomic mass is 127. The first-order valence-corrected chi connectivity index (χ1v) is 10.3. The number of cyclic esters (lactones) is 1. The molecule has 0 spiro atoms. The molecule has 1 aromatic rings. The van der Waals surface area contributed by atoms with Crippen LogP contribution in [0.2, 0.25) is 0 Å². The summed E-state index contributed by atoms with van der Waals surface area (Å²) >= 11 is 2.09. The average molecular weight is 483 g/mol. The minimum Gasteiger partial charge on any atom is -0.447 e. The number of ether oxygens (including phenoxy) is 1. The monoisotopic (exact) mass is 483 g/mol. The first kappa shape index (κ1) is 21.6. The molecule has 0 radical (unpaired) electrons. The lowest BCUT2D eigenvalue weighted by Crippen LogP contribution is -2.40. The number of halogens is 1. The second-order valence-electron chi connectivity index (χ2n) is 6.82. The fourth-order valence-electron chi connectivity index (χ4n) is 3.16. The van der Waals surface area contributed by atoms with Crippen molar-refractivity contribution < 1.29 is 19.4 Å². The van der Waals surface area contributed by atoms with Gasteiger partial charge in [-0.2, -0.15) is 0 Å². The number of hydrogen-bond acceptors (Lipinski definition) is 4. The van der Waals surface area contributed by atoms with E-state index in [-0.39, 0.29) is 24.5 Å². The summed E-state index contributed by atoms with van der Waals surface area (Å²) in [5.41, 5.74) is 2.34. The van der Waals surface area contributed by atoms with Crippen molar-refractivity contribution in [2.45, 2.75) is 45.8 Å². The zero-order chi connectivity index (χ0) is 20.0. The van der Waals surface area contributed by atoms with E-state index in [1.807, 2.05) is 48.3 Å². The molecule has 1 fully saturated rings. The van der Waals surface area contributed by atoms with Gasteiger partial charge in [0.25, 0.3) is 5.91 Å². The zero-order valence-electron chi connectivity index (χ0n) is 15.9. The Morgan fingerprint density at radius 1 is 1.37 bits per heavy atom. The van der Waals surface area contributed by atoms with E-state index in [1.165, 1.54) is 4.90 Å². The fraction of sp³-hybridized carbons (Fsp3) is 0.429. The summed E-state index contributed by atoms with van der Waals surface area (Å²) in [6.07, 6.45) is 1.75. The summed E-state index contributed by atoms with van der Waals surface area (Å²) in [5, 5.41) is 10.4. The van der Waals surface area contributed by atoms with Gasteiger partial charge in [0.15, 0.2) is 0 Å². The zero-order valence-corrected chi connectivity index (χ0v) is 18.0. The molecule has 146 valence electrons. The van der Waals surface area contributed by atoms with Gasteiger partial charge in [-0.05, 0) is 41.9 Å². The van der Waals surface area contributed by atoms with E-state index in [0.717, 1.165) is 11.1 Å². The summed E-state index contributed by atoms with van der Waals surface area (Å²) in [6.45, 7) is 5.71. The van der Waals surface area contributed by atoms with Crippen LogP contribution in [-0.2, 0) is 16.0 Å². The lowest BCUT2D eigenvalue weighted by atomic mass is 9.92. The first-order valence-electron chi connectivity index (χ1n) is 9.06. The topological polar surface area (TPSA) is 66.8 Å². The molecule has 0 saturated carbocycles. The molecule has 2 rings (SSSR count). The van der Waals surface area contributed by atoms with Gasteiger partial charge in [-0.15, -0.1) is 0 Å². The van der Waals surface area contributed by atoms with Crippen molar-refractivity contribution in [1.29, 1.82) is 0 Å². The quantitative estimate of drug-likeness (QED) is 0.465. The number of aliphatic hydroxyl groups excluding tert-OH is 1. The van der Waals surface area contributed by atoms with Gasteiger partial charge < -0.3 is 9.84 Å². The third-order valence-corrected chi connectivity index (χ3v) is 5.79. The number of aliphatic hydroxyl groups is 1. The molecule has 1 aliphatic rings. The van der Waals surface area contributed by atoms with Gasteiger partial charge in [-0.1, -0.05) is 65.9 Å². The van der Waals surface area contributed by atoms with Gasteiger partial charge in [0.2, 0.25) is 0 Å². The number of carbonyl (C=O) groups is 2. The number of nitrogens with zero attached hydrogens (tertiary/aromatic N) is 1. The van der Waals surface area contributed by atoms with Gasteiger partial charge in [0, 0.05) is 11.5 Å². The molecule has 6 heteroatoms. The van der Waals surface area contributed by atoms with Crippen molar-refractivity contribution in [1.82, 2.24) is 4.90 Å². The average Bonchev–Trinajstić information content (AvgIpc) is 3.04. The standard InChI is InChI=1S/C21H26INO4/c1-4-17(19(24)15(3)12-22)10-14(2)20(25)23-18(13-27-21(23)26)11-16-8-6-5-7-9-16/h5-10,12,17-19,24H,4,11,13H2,1-3H3/b14-10+,15-12+/t17-,18-,19+/m0/s1. The minimum absolute atomic E-state index is 0.189. The lowest BCUT2D eigenvalue weighted by molar-refractivity contribution is -0.125. The maximum atomic E-state index is 12.9. The summed E-state index contributed by atoms with van der Waals surface area (Å²) in [5.74, 6) is -0.550. The normalized spacial score (nSPS) is 20.4. The maximum Gasteiger partial charge on any atom is 0.417 e. The van der Waals surface area contributed by atoms with Crippen LogP contribution in [0.1, 0.15) is 32.8 Å². The molecule has 0 bridgehead atoms. The Labute approximate surface area is 174 Å². The maximum absolute atomic E-state index is 12.9. The summed E-state index contributed by atoms with van der Waals surface area (Å²) in [7, 11) is 0. The molecule has 2 amide bonds. The van der Waals surface area contributed by atoms with Gasteiger partial charge in [0.1, 0.15) is 6.61 Å². The molecule has 5 nitrogen and oxygen atoms in total. The predicted octanol–water partition coefficient (Wildman–Crippen LogP) is 4.25. The van der Waals surface area contributed by atoms with Crippen LogP contribution in [0.25, 0.3) is 0 Å². The van der Waals surface area contributed by atoms with Crippen LogP contribution in [0.4, 0.5) is 4.79 Å². The number of rotatable bonds is 7. The van der Waals surface area contributed by atoms with Crippen molar-refractivity contribution in [3.8, 4) is 0 Å². The largest absolute Gasteiger partial charge is 0.447 e. The number of carbonyl (C=O) groups excluding carboxylic acids is 2. The molecular formula is C21H26INO4. The van der Waals surface area contributed by atoms with Crippen molar-refractivity contribution in [3.05, 3.63) is 57.2 Å². The second kappa shape index (κ2) is 10.0. The fourth-order valence-corrected chi connectivity index (χ4v) is 3.53. The number of imide groups is 1. The van der Waals surface area contributed by atoms with E-state index in [0.29, 0.717) is 18.4 Å². The number of benzene rings is 1. The Kier molecular flexibility index (Phi) is 8.04. The van der Waals surface area contributed by atoms with Crippen LogP contribution in [-0.4, -0.2) is 40.8 Å². The van der Waals surface area contributed by atoms with Gasteiger partial charge in [0.05, 0.1) is 12.1 Å². The third kappa shape index (κ3) is 5.42. The molecule has 1 N–H and O–H groups in total. The molecular weight excluding hydrogens is 457 g/mol. The highest BCUT2D eigenvalue weighted by Crippen LogP contribution is 2.23. The molecule has 1 saturated heterocycles. The van der Waals surface area contributed by atoms with Crippen LogP contribution in [0.3, 0.4) is 0 Å². The molecule has 0 aliphatic carbocycles. The Bertz CT molecular complexity index is 729. The van der Waals surface area contributed by atoms with E-state index >= 15 is 0 Å². The van der Waals surface area contributed by atoms with E-state index in [1.54, 1.807) is 13.0 Å². The van der Waals surface area contributed by atoms with Gasteiger partial charge >= 0.3 is 6.09 Å². The van der Waals surface area contributed by atoms with Gasteiger partial charge in [-0.25, -0.2) is 9.69 Å². The molecule has 3 atom stereocenters. The van der Waals surface area contributed by atoms with Crippen LogP contribution in [0.15, 0.2) is 51.6 Å². The van der Waals surface area contributed by atoms with Crippen LogP contribution >= 0.6 is 22.6 Å². The second-order valence-corrected chi connectivity index (χ2v) is 7.44. The Balaban J connectivity index is 2.18. The highest BCUT2D eigenvalue weighted by molar-refractivity contribution is 14.1. The van der Waals surface area contributed by atoms with Crippen LogP contribution < -0.4 is 0 Å². The third-order valence-electron chi connectivity index (χ3n) is 4.81. The van der Waals surface area contributed by atoms with Crippen LogP contribution in [0, 0.1) is 5.92 Å². The molecule has 1 aliphatic heterocycles. The Morgan fingerprint density at radius 3 is 2.63 bits per heavy atom. The predicted molar refractivity (Wildman–Crippen MR) is 113 cm³/mol. The number of hydrogen-bond donors (Lipinski definition) is 1. The van der Waals surface area contributed by atoms with Crippen molar-refractivity contribution in [2.75, 3.05) is 6.61 Å². The minimum atomic E-state index is -0.653. The van der Waals surface area contributed by atoms with Crippen molar-refractivity contribution >= 4 is 34.6 Å². The van der Waals surface area contributed by atoms with E-state index in [2.05, 4.69) is 22.6 Å². The molecule has 1 aromatic carbocycles. The highest BCUT2D eigenvalue weighted by Gasteiger charge is 2.38. The lowest BCUT2D eigenvalue weighted by Gasteiger charge is -2.22. The molecule has 27 heavy (non-hydrogen) atoms.